The Kier molecular flexibility index (Phi) is 42.5. The molecule has 0 aromatic carbocycles. The fourth-order valence-corrected chi connectivity index (χ4v) is 6.19. The van der Waals surface area contributed by atoms with Crippen molar-refractivity contribution in [2.75, 3.05) is 13.2 Å². The van der Waals surface area contributed by atoms with Gasteiger partial charge < -0.3 is 14.2 Å². The Bertz CT molecular complexity index is 1040. The summed E-state index contributed by atoms with van der Waals surface area (Å²) in [5.41, 5.74) is 0. The molecule has 0 aliphatic rings. The van der Waals surface area contributed by atoms with Crippen molar-refractivity contribution in [1.82, 2.24) is 0 Å². The van der Waals surface area contributed by atoms with E-state index >= 15 is 0 Å². The van der Waals surface area contributed by atoms with Crippen LogP contribution in [0.4, 0.5) is 0 Å². The number of hydrogen-bond donors (Lipinski definition) is 0. The normalized spacial score (nSPS) is 12.6. The van der Waals surface area contributed by atoms with Gasteiger partial charge in [-0.1, -0.05) is 165 Å². The number of carbonyl (C=O) groups is 3. The Morgan fingerprint density at radius 3 is 1.18 bits per heavy atom. The van der Waals surface area contributed by atoms with Crippen molar-refractivity contribution < 1.29 is 28.6 Å². The number of hydrogen-bond acceptors (Lipinski definition) is 6. The van der Waals surface area contributed by atoms with Crippen LogP contribution in [0.5, 0.6) is 0 Å². The van der Waals surface area contributed by atoms with Crippen LogP contribution in [0, 0.1) is 0 Å². The Labute approximate surface area is 345 Å². The molecule has 0 bridgehead atoms. The standard InChI is InChI=1S/C50H86O6/c1-4-7-10-13-16-19-22-24-26-28-31-34-37-40-43-49(52)55-46-47(45-54-48(51)42-39-36-33-30-27-21-18-15-12-9-6-3)56-50(53)44-41-38-35-32-29-25-23-20-17-14-11-8-5-2/h7,10,15-16,18-19,24-26,29,47H,4-6,8-9,11-14,17,20-23,27-28,30-46H2,1-3H3/b10-7-,18-15-,19-16-,26-24-,29-25-. The predicted octanol–water partition coefficient (Wildman–Crippen LogP) is 14.9. The zero-order chi connectivity index (χ0) is 40.8. The summed E-state index contributed by atoms with van der Waals surface area (Å²) >= 11 is 0. The molecule has 0 aromatic heterocycles. The van der Waals surface area contributed by atoms with Gasteiger partial charge in [-0.15, -0.1) is 0 Å². The molecule has 0 radical (unpaired) electrons. The molecule has 0 aliphatic heterocycles. The van der Waals surface area contributed by atoms with E-state index in [9.17, 15) is 14.4 Å². The van der Waals surface area contributed by atoms with Crippen LogP contribution in [0.15, 0.2) is 60.8 Å². The second-order valence-corrected chi connectivity index (χ2v) is 15.3. The van der Waals surface area contributed by atoms with Crippen LogP contribution in [0.1, 0.15) is 220 Å². The van der Waals surface area contributed by atoms with E-state index in [1.54, 1.807) is 0 Å². The van der Waals surface area contributed by atoms with E-state index in [1.807, 2.05) is 0 Å². The fourth-order valence-electron chi connectivity index (χ4n) is 6.19. The Morgan fingerprint density at radius 2 is 0.714 bits per heavy atom. The van der Waals surface area contributed by atoms with Crippen LogP contribution in [-0.2, 0) is 28.6 Å². The third kappa shape index (κ3) is 42.3. The maximum Gasteiger partial charge on any atom is 0.306 e. The van der Waals surface area contributed by atoms with Gasteiger partial charge in [0.25, 0.3) is 0 Å². The molecular weight excluding hydrogens is 697 g/mol. The number of unbranched alkanes of at least 4 members (excludes halogenated alkanes) is 20. The van der Waals surface area contributed by atoms with E-state index in [0.29, 0.717) is 19.3 Å². The maximum absolute atomic E-state index is 12.7. The molecule has 56 heavy (non-hydrogen) atoms. The number of rotatable bonds is 41. The zero-order valence-corrected chi connectivity index (χ0v) is 36.6. The van der Waals surface area contributed by atoms with Gasteiger partial charge in [-0.2, -0.15) is 0 Å². The lowest BCUT2D eigenvalue weighted by atomic mass is 10.1. The van der Waals surface area contributed by atoms with Crippen LogP contribution in [0.3, 0.4) is 0 Å². The Hall–Kier alpha value is -2.89. The number of carbonyl (C=O) groups excluding carboxylic acids is 3. The van der Waals surface area contributed by atoms with Gasteiger partial charge in [0.05, 0.1) is 0 Å². The monoisotopic (exact) mass is 783 g/mol. The molecule has 1 unspecified atom stereocenters. The minimum absolute atomic E-state index is 0.0924. The number of ether oxygens (including phenoxy) is 3. The van der Waals surface area contributed by atoms with Gasteiger partial charge in [0.2, 0.25) is 0 Å². The number of allylic oxidation sites excluding steroid dienone is 10. The first kappa shape index (κ1) is 53.1. The quantitative estimate of drug-likeness (QED) is 0.0266. The zero-order valence-electron chi connectivity index (χ0n) is 36.6. The van der Waals surface area contributed by atoms with Crippen LogP contribution in [-0.4, -0.2) is 37.2 Å². The number of esters is 3. The van der Waals surface area contributed by atoms with Crippen LogP contribution < -0.4 is 0 Å². The molecule has 322 valence electrons. The first-order valence-electron chi connectivity index (χ1n) is 23.3. The summed E-state index contributed by atoms with van der Waals surface area (Å²) in [7, 11) is 0. The lowest BCUT2D eigenvalue weighted by molar-refractivity contribution is -0.167. The Morgan fingerprint density at radius 1 is 0.375 bits per heavy atom. The van der Waals surface area contributed by atoms with Crippen LogP contribution in [0.25, 0.3) is 0 Å². The van der Waals surface area contributed by atoms with Gasteiger partial charge >= 0.3 is 17.9 Å². The summed E-state index contributed by atoms with van der Waals surface area (Å²) in [6, 6.07) is 0. The predicted molar refractivity (Wildman–Crippen MR) is 238 cm³/mol. The molecule has 0 aliphatic carbocycles. The van der Waals surface area contributed by atoms with E-state index in [2.05, 4.69) is 81.5 Å². The summed E-state index contributed by atoms with van der Waals surface area (Å²) < 4.78 is 16.7. The third-order valence-electron chi connectivity index (χ3n) is 9.73. The molecule has 0 spiro atoms. The highest BCUT2D eigenvalue weighted by atomic mass is 16.6. The van der Waals surface area contributed by atoms with Gasteiger partial charge in [0.1, 0.15) is 13.2 Å². The van der Waals surface area contributed by atoms with Crippen LogP contribution in [0.2, 0.25) is 0 Å². The highest BCUT2D eigenvalue weighted by Gasteiger charge is 2.19. The van der Waals surface area contributed by atoms with Crippen molar-refractivity contribution in [3.05, 3.63) is 60.8 Å². The van der Waals surface area contributed by atoms with E-state index in [0.717, 1.165) is 109 Å². The molecule has 0 heterocycles. The summed E-state index contributed by atoms with van der Waals surface area (Å²) in [6.45, 7) is 6.42. The van der Waals surface area contributed by atoms with Gasteiger partial charge in [-0.3, -0.25) is 14.4 Å². The average Bonchev–Trinajstić information content (AvgIpc) is 3.19. The fraction of sp³-hybridized carbons (Fsp3) is 0.740. The minimum atomic E-state index is -0.792. The molecule has 0 N–H and O–H groups in total. The SMILES string of the molecule is CC/C=C\C/C=C\C/C=C\CCCCCCC(=O)OCC(COC(=O)CCCCCCC/C=C\CCCC)OC(=O)CCCCC/C=C\CCCCCCCC. The van der Waals surface area contributed by atoms with E-state index < -0.39 is 6.10 Å². The first-order valence-corrected chi connectivity index (χ1v) is 23.3. The average molecular weight is 783 g/mol. The molecule has 0 saturated carbocycles. The van der Waals surface area contributed by atoms with E-state index in [1.165, 1.54) is 70.6 Å². The lowest BCUT2D eigenvalue weighted by Crippen LogP contribution is -2.30. The topological polar surface area (TPSA) is 78.9 Å². The third-order valence-corrected chi connectivity index (χ3v) is 9.73. The highest BCUT2D eigenvalue weighted by molar-refractivity contribution is 5.71. The molecule has 0 aromatic rings. The summed E-state index contributed by atoms with van der Waals surface area (Å²) in [4.78, 5) is 37.7. The van der Waals surface area contributed by atoms with Crippen molar-refractivity contribution >= 4 is 17.9 Å². The second kappa shape index (κ2) is 44.8. The summed E-state index contributed by atoms with van der Waals surface area (Å²) in [6.07, 6.45) is 53.4. The lowest BCUT2D eigenvalue weighted by Gasteiger charge is -2.18. The van der Waals surface area contributed by atoms with Gasteiger partial charge in [0, 0.05) is 19.3 Å². The molecule has 6 nitrogen and oxygen atoms in total. The van der Waals surface area contributed by atoms with Crippen LogP contribution >= 0.6 is 0 Å². The van der Waals surface area contributed by atoms with Crippen molar-refractivity contribution in [3.8, 4) is 0 Å². The molecule has 0 amide bonds. The van der Waals surface area contributed by atoms with E-state index in [-0.39, 0.29) is 31.1 Å². The van der Waals surface area contributed by atoms with Crippen molar-refractivity contribution in [2.45, 2.75) is 226 Å². The van der Waals surface area contributed by atoms with Gasteiger partial charge in [-0.25, -0.2) is 0 Å². The summed E-state index contributed by atoms with van der Waals surface area (Å²) in [5.74, 6) is -0.944. The van der Waals surface area contributed by atoms with Gasteiger partial charge in [-0.05, 0) is 96.3 Å². The smallest absolute Gasteiger partial charge is 0.306 e. The molecule has 6 heteroatoms. The molecular formula is C50H86O6. The Balaban J connectivity index is 4.45. The molecule has 0 rings (SSSR count). The molecule has 0 saturated heterocycles. The summed E-state index contributed by atoms with van der Waals surface area (Å²) in [5, 5.41) is 0. The largest absolute Gasteiger partial charge is 0.462 e. The highest BCUT2D eigenvalue weighted by Crippen LogP contribution is 2.13. The van der Waals surface area contributed by atoms with E-state index in [4.69, 9.17) is 14.2 Å². The minimum Gasteiger partial charge on any atom is -0.462 e. The van der Waals surface area contributed by atoms with Crippen molar-refractivity contribution in [2.24, 2.45) is 0 Å². The van der Waals surface area contributed by atoms with Crippen molar-refractivity contribution in [1.29, 1.82) is 0 Å². The van der Waals surface area contributed by atoms with Crippen molar-refractivity contribution in [3.63, 3.8) is 0 Å². The first-order chi connectivity index (χ1) is 27.5. The van der Waals surface area contributed by atoms with Gasteiger partial charge in [0.15, 0.2) is 6.10 Å². The maximum atomic E-state index is 12.7. The second-order valence-electron chi connectivity index (χ2n) is 15.3. The molecule has 1 atom stereocenters. The molecule has 0 fully saturated rings.